The highest BCUT2D eigenvalue weighted by Crippen LogP contribution is 2.29. The van der Waals surface area contributed by atoms with E-state index in [1.54, 1.807) is 0 Å². The minimum atomic E-state index is 0.0931. The van der Waals surface area contributed by atoms with Gasteiger partial charge in [-0.2, -0.15) is 10.2 Å². The molecule has 18 heavy (non-hydrogen) atoms. The van der Waals surface area contributed by atoms with E-state index in [0.29, 0.717) is 0 Å². The van der Waals surface area contributed by atoms with Crippen molar-refractivity contribution in [2.75, 3.05) is 7.05 Å². The molecule has 1 N–H and O–H groups in total. The molecule has 0 aromatic carbocycles. The first-order valence-corrected chi connectivity index (χ1v) is 6.74. The number of aromatic nitrogens is 4. The van der Waals surface area contributed by atoms with Crippen LogP contribution in [0.15, 0.2) is 16.9 Å². The van der Waals surface area contributed by atoms with Crippen molar-refractivity contribution in [3.05, 3.63) is 33.8 Å². The van der Waals surface area contributed by atoms with E-state index >= 15 is 0 Å². The van der Waals surface area contributed by atoms with Gasteiger partial charge < -0.3 is 5.32 Å². The number of rotatable bonds is 4. The summed E-state index contributed by atoms with van der Waals surface area (Å²) in [6.07, 6.45) is 4.81. The van der Waals surface area contributed by atoms with Gasteiger partial charge in [0, 0.05) is 25.9 Å². The topological polar surface area (TPSA) is 47.7 Å². The monoisotopic (exact) mass is 311 g/mol. The van der Waals surface area contributed by atoms with Crippen molar-refractivity contribution in [1.29, 1.82) is 0 Å². The SMILES string of the molecule is CCc1nn(C)cc1C(NC)c1c(Br)cnn1C. The Kier molecular flexibility index (Phi) is 3.87. The highest BCUT2D eigenvalue weighted by Gasteiger charge is 2.23. The van der Waals surface area contributed by atoms with Crippen LogP contribution in [-0.4, -0.2) is 26.6 Å². The number of nitrogens with zero attached hydrogens (tertiary/aromatic N) is 4. The third-order valence-corrected chi connectivity index (χ3v) is 3.69. The highest BCUT2D eigenvalue weighted by molar-refractivity contribution is 9.10. The van der Waals surface area contributed by atoms with Gasteiger partial charge in [0.05, 0.1) is 28.1 Å². The Balaban J connectivity index is 2.51. The second-order valence-electron chi connectivity index (χ2n) is 4.28. The Morgan fingerprint density at radius 3 is 2.67 bits per heavy atom. The summed E-state index contributed by atoms with van der Waals surface area (Å²) in [4.78, 5) is 0. The van der Waals surface area contributed by atoms with Crippen LogP contribution in [0, 0.1) is 0 Å². The molecule has 0 spiro atoms. The summed E-state index contributed by atoms with van der Waals surface area (Å²) in [5.41, 5.74) is 3.43. The van der Waals surface area contributed by atoms with Crippen LogP contribution < -0.4 is 5.32 Å². The Labute approximate surface area is 115 Å². The molecule has 1 atom stereocenters. The third kappa shape index (κ3) is 2.22. The van der Waals surface area contributed by atoms with Crippen LogP contribution in [0.1, 0.15) is 29.9 Å². The summed E-state index contributed by atoms with van der Waals surface area (Å²) in [6.45, 7) is 2.12. The van der Waals surface area contributed by atoms with Gasteiger partial charge in [0.25, 0.3) is 0 Å². The van der Waals surface area contributed by atoms with E-state index in [1.807, 2.05) is 36.7 Å². The molecule has 1 unspecified atom stereocenters. The standard InChI is InChI=1S/C12H18BrN5/c1-5-10-8(7-17(3)16-10)11(14-2)12-9(13)6-15-18(12)4/h6-7,11,14H,5H2,1-4H3. The zero-order valence-electron chi connectivity index (χ0n) is 11.1. The van der Waals surface area contributed by atoms with Crippen LogP contribution in [0.5, 0.6) is 0 Å². The van der Waals surface area contributed by atoms with Gasteiger partial charge in [-0.3, -0.25) is 9.36 Å². The molecule has 2 rings (SSSR count). The molecule has 98 valence electrons. The Morgan fingerprint density at radius 1 is 1.44 bits per heavy atom. The van der Waals surface area contributed by atoms with Crippen LogP contribution >= 0.6 is 15.9 Å². The summed E-state index contributed by atoms with van der Waals surface area (Å²) in [5.74, 6) is 0. The molecule has 2 aromatic heterocycles. The van der Waals surface area contributed by atoms with E-state index in [-0.39, 0.29) is 6.04 Å². The largest absolute Gasteiger partial charge is 0.308 e. The van der Waals surface area contributed by atoms with Gasteiger partial charge in [0.1, 0.15) is 0 Å². The molecule has 0 aliphatic carbocycles. The third-order valence-electron chi connectivity index (χ3n) is 3.08. The Morgan fingerprint density at radius 2 is 2.17 bits per heavy atom. The van der Waals surface area contributed by atoms with E-state index in [1.165, 1.54) is 5.56 Å². The van der Waals surface area contributed by atoms with Crippen molar-refractivity contribution in [3.8, 4) is 0 Å². The number of nitrogens with one attached hydrogen (secondary N) is 1. The maximum Gasteiger partial charge on any atom is 0.0790 e. The molecule has 0 saturated carbocycles. The summed E-state index contributed by atoms with van der Waals surface area (Å²) in [7, 11) is 5.86. The van der Waals surface area contributed by atoms with Gasteiger partial charge in [-0.05, 0) is 29.4 Å². The van der Waals surface area contributed by atoms with Crippen LogP contribution in [0.2, 0.25) is 0 Å². The summed E-state index contributed by atoms with van der Waals surface area (Å²) >= 11 is 3.56. The summed E-state index contributed by atoms with van der Waals surface area (Å²) in [6, 6.07) is 0.0931. The van der Waals surface area contributed by atoms with Crippen LogP contribution in [0.3, 0.4) is 0 Å². The van der Waals surface area contributed by atoms with Crippen LogP contribution in [0.25, 0.3) is 0 Å². The molecule has 0 amide bonds. The lowest BCUT2D eigenvalue weighted by Crippen LogP contribution is -2.21. The number of halogens is 1. The molecule has 0 aliphatic rings. The normalized spacial score (nSPS) is 12.9. The fourth-order valence-electron chi connectivity index (χ4n) is 2.25. The van der Waals surface area contributed by atoms with Gasteiger partial charge in [0.2, 0.25) is 0 Å². The second-order valence-corrected chi connectivity index (χ2v) is 5.14. The predicted molar refractivity (Wildman–Crippen MR) is 74.4 cm³/mol. The fourth-order valence-corrected chi connectivity index (χ4v) is 2.83. The molecule has 5 nitrogen and oxygen atoms in total. The lowest BCUT2D eigenvalue weighted by atomic mass is 10.0. The average Bonchev–Trinajstić information content (AvgIpc) is 2.87. The van der Waals surface area contributed by atoms with Crippen LogP contribution in [-0.2, 0) is 20.5 Å². The van der Waals surface area contributed by atoms with E-state index in [9.17, 15) is 0 Å². The lowest BCUT2D eigenvalue weighted by Gasteiger charge is -2.17. The average molecular weight is 312 g/mol. The zero-order chi connectivity index (χ0) is 13.3. The van der Waals surface area contributed by atoms with Crippen molar-refractivity contribution in [1.82, 2.24) is 24.9 Å². The van der Waals surface area contributed by atoms with E-state index in [4.69, 9.17) is 0 Å². The van der Waals surface area contributed by atoms with Gasteiger partial charge in [-0.25, -0.2) is 0 Å². The maximum atomic E-state index is 4.50. The van der Waals surface area contributed by atoms with Gasteiger partial charge in [-0.1, -0.05) is 6.92 Å². The summed E-state index contributed by atoms with van der Waals surface area (Å²) < 4.78 is 4.76. The predicted octanol–water partition coefficient (Wildman–Crippen LogP) is 1.79. The molecule has 0 bridgehead atoms. The van der Waals surface area contributed by atoms with E-state index in [0.717, 1.165) is 22.3 Å². The number of aryl methyl sites for hydroxylation is 3. The first-order chi connectivity index (χ1) is 8.58. The molecular weight excluding hydrogens is 294 g/mol. The van der Waals surface area contributed by atoms with Gasteiger partial charge in [0.15, 0.2) is 0 Å². The zero-order valence-corrected chi connectivity index (χ0v) is 12.7. The smallest absolute Gasteiger partial charge is 0.0790 e. The van der Waals surface area contributed by atoms with Gasteiger partial charge in [-0.15, -0.1) is 0 Å². The molecule has 2 heterocycles. The van der Waals surface area contributed by atoms with Crippen molar-refractivity contribution in [2.45, 2.75) is 19.4 Å². The maximum absolute atomic E-state index is 4.50. The Hall–Kier alpha value is -1.14. The number of hydrogen-bond donors (Lipinski definition) is 1. The van der Waals surface area contributed by atoms with Crippen molar-refractivity contribution < 1.29 is 0 Å². The van der Waals surface area contributed by atoms with Crippen molar-refractivity contribution in [3.63, 3.8) is 0 Å². The van der Waals surface area contributed by atoms with Crippen molar-refractivity contribution in [2.24, 2.45) is 14.1 Å². The van der Waals surface area contributed by atoms with Crippen molar-refractivity contribution >= 4 is 15.9 Å². The number of hydrogen-bond acceptors (Lipinski definition) is 3. The second kappa shape index (κ2) is 5.24. The van der Waals surface area contributed by atoms with Gasteiger partial charge >= 0.3 is 0 Å². The first-order valence-electron chi connectivity index (χ1n) is 5.95. The lowest BCUT2D eigenvalue weighted by molar-refractivity contribution is 0.600. The fraction of sp³-hybridized carbons (Fsp3) is 0.500. The molecule has 0 aliphatic heterocycles. The minimum Gasteiger partial charge on any atom is -0.308 e. The first kappa shape index (κ1) is 13.3. The molecule has 0 radical (unpaired) electrons. The molecule has 2 aromatic rings. The summed E-state index contributed by atoms with van der Waals surface area (Å²) in [5, 5.41) is 12.1. The molecule has 0 saturated heterocycles. The van der Waals surface area contributed by atoms with Crippen LogP contribution in [0.4, 0.5) is 0 Å². The van der Waals surface area contributed by atoms with E-state index in [2.05, 4.69) is 44.6 Å². The Bertz CT molecular complexity index is 523. The minimum absolute atomic E-state index is 0.0931. The highest BCUT2D eigenvalue weighted by atomic mass is 79.9. The molecular formula is C12H18BrN5. The molecule has 6 heteroatoms. The quantitative estimate of drug-likeness (QED) is 0.936. The molecule has 0 fully saturated rings. The van der Waals surface area contributed by atoms with E-state index < -0.39 is 0 Å².